The lowest BCUT2D eigenvalue weighted by Gasteiger charge is -2.34. The van der Waals surface area contributed by atoms with Crippen molar-refractivity contribution < 1.29 is 9.53 Å². The number of H-pyrrole nitrogens is 1. The minimum atomic E-state index is -1.21. The van der Waals surface area contributed by atoms with Gasteiger partial charge in [0.1, 0.15) is 11.4 Å². The summed E-state index contributed by atoms with van der Waals surface area (Å²) in [6.45, 7) is 14.9. The van der Waals surface area contributed by atoms with E-state index in [1.807, 2.05) is 19.9 Å². The van der Waals surface area contributed by atoms with Crippen LogP contribution in [0.25, 0.3) is 10.8 Å². The molecule has 0 amide bonds. The second-order valence-corrected chi connectivity index (χ2v) is 11.0. The van der Waals surface area contributed by atoms with Crippen molar-refractivity contribution in [3.8, 4) is 5.75 Å². The van der Waals surface area contributed by atoms with Gasteiger partial charge >= 0.3 is 0 Å². The molecule has 1 atom stereocenters. The normalized spacial score (nSPS) is 14.6. The summed E-state index contributed by atoms with van der Waals surface area (Å²) in [6.07, 6.45) is 3.30. The molecule has 0 saturated heterocycles. The molecule has 0 fully saturated rings. The largest absolute Gasteiger partial charge is 0.542 e. The van der Waals surface area contributed by atoms with Crippen molar-refractivity contribution in [2.75, 3.05) is 0 Å². The van der Waals surface area contributed by atoms with Crippen LogP contribution in [0.4, 0.5) is 0 Å². The number of nitrogens with zero attached hydrogens (tertiary/aromatic N) is 1. The molecule has 0 aliphatic heterocycles. The van der Waals surface area contributed by atoms with E-state index in [9.17, 15) is 5.11 Å². The number of imidazole rings is 1. The summed E-state index contributed by atoms with van der Waals surface area (Å²) in [4.78, 5) is 7.24. The molecule has 1 radical (unpaired) electrons. The Morgan fingerprint density at radius 3 is 2.36 bits per heavy atom. The molecule has 0 aliphatic carbocycles. The van der Waals surface area contributed by atoms with Gasteiger partial charge < -0.3 is 14.5 Å². The van der Waals surface area contributed by atoms with E-state index in [0.29, 0.717) is 5.69 Å². The van der Waals surface area contributed by atoms with Crippen molar-refractivity contribution in [2.45, 2.75) is 58.7 Å². The minimum Gasteiger partial charge on any atom is -0.542 e. The summed E-state index contributed by atoms with van der Waals surface area (Å²) >= 11 is 0. The SMILES string of the molecule is CC(C)C(O)(c1cnc[nH]1)c1ccc2cc(C(C)(C)C)ccc2c1O[Si](C)C. The van der Waals surface area contributed by atoms with Crippen LogP contribution >= 0.6 is 0 Å². The highest BCUT2D eigenvalue weighted by molar-refractivity contribution is 6.49. The monoisotopic (exact) mass is 395 g/mol. The molecule has 28 heavy (non-hydrogen) atoms. The van der Waals surface area contributed by atoms with Crippen LogP contribution in [0.5, 0.6) is 5.75 Å². The van der Waals surface area contributed by atoms with Gasteiger partial charge in [-0.25, -0.2) is 4.98 Å². The molecule has 3 rings (SSSR count). The van der Waals surface area contributed by atoms with Gasteiger partial charge in [0.2, 0.25) is 0 Å². The Labute approximate surface area is 169 Å². The molecule has 4 nitrogen and oxygen atoms in total. The van der Waals surface area contributed by atoms with Crippen molar-refractivity contribution in [3.63, 3.8) is 0 Å². The lowest BCUT2D eigenvalue weighted by Crippen LogP contribution is -2.35. The topological polar surface area (TPSA) is 58.1 Å². The molecule has 3 aromatic rings. The number of nitrogens with one attached hydrogen (secondary N) is 1. The fourth-order valence-electron chi connectivity index (χ4n) is 3.61. The zero-order valence-corrected chi connectivity index (χ0v) is 18.9. The predicted octanol–water partition coefficient (Wildman–Crippen LogP) is 5.38. The number of hydrogen-bond acceptors (Lipinski definition) is 3. The van der Waals surface area contributed by atoms with Gasteiger partial charge in [-0.05, 0) is 35.4 Å². The first-order valence-electron chi connectivity index (χ1n) is 9.82. The van der Waals surface area contributed by atoms with Crippen LogP contribution in [-0.4, -0.2) is 24.1 Å². The third-order valence-corrected chi connectivity index (χ3v) is 5.91. The van der Waals surface area contributed by atoms with Crippen molar-refractivity contribution in [1.29, 1.82) is 0 Å². The van der Waals surface area contributed by atoms with Gasteiger partial charge in [0, 0.05) is 10.9 Å². The number of aromatic amines is 1. The summed E-state index contributed by atoms with van der Waals surface area (Å²) in [7, 11) is -1.03. The Kier molecular flexibility index (Phi) is 5.43. The van der Waals surface area contributed by atoms with Crippen molar-refractivity contribution in [3.05, 3.63) is 59.7 Å². The van der Waals surface area contributed by atoms with Gasteiger partial charge in [-0.15, -0.1) is 0 Å². The molecule has 1 heterocycles. The standard InChI is InChI=1S/C23H31N2O2Si/c1-15(2)23(26,20-13-24-14-25-20)19-11-8-16-12-17(22(3,4)5)9-10-18(16)21(19)27-28(6)7/h8-15,26H,1-7H3,(H,24,25). The quantitative estimate of drug-likeness (QED) is 0.570. The first-order valence-corrected chi connectivity index (χ1v) is 12.2. The van der Waals surface area contributed by atoms with Crippen LogP contribution < -0.4 is 4.43 Å². The maximum absolute atomic E-state index is 11.8. The maximum atomic E-state index is 11.8. The van der Waals surface area contributed by atoms with Crippen LogP contribution in [0.1, 0.15) is 51.4 Å². The van der Waals surface area contributed by atoms with E-state index in [0.717, 1.165) is 22.1 Å². The zero-order chi connectivity index (χ0) is 20.7. The first-order chi connectivity index (χ1) is 13.0. The number of rotatable bonds is 5. The average Bonchev–Trinajstić information content (AvgIpc) is 3.14. The third-order valence-electron chi connectivity index (χ3n) is 5.30. The number of aromatic nitrogens is 2. The van der Waals surface area contributed by atoms with Gasteiger partial charge in [-0.2, -0.15) is 0 Å². The molecule has 149 valence electrons. The van der Waals surface area contributed by atoms with Gasteiger partial charge in [0.05, 0.1) is 18.2 Å². The van der Waals surface area contributed by atoms with Gasteiger partial charge in [0.25, 0.3) is 9.04 Å². The van der Waals surface area contributed by atoms with E-state index in [4.69, 9.17) is 4.43 Å². The number of fused-ring (bicyclic) bond motifs is 1. The Hall–Kier alpha value is -2.11. The summed E-state index contributed by atoms with van der Waals surface area (Å²) < 4.78 is 6.39. The van der Waals surface area contributed by atoms with Crippen LogP contribution in [0.2, 0.25) is 13.1 Å². The fourth-order valence-corrected chi connectivity index (χ4v) is 4.24. The van der Waals surface area contributed by atoms with Crippen molar-refractivity contribution in [2.24, 2.45) is 5.92 Å². The second-order valence-electron chi connectivity index (χ2n) is 9.02. The molecule has 0 bridgehead atoms. The van der Waals surface area contributed by atoms with Crippen LogP contribution in [0.3, 0.4) is 0 Å². The first kappa shape index (κ1) is 20.6. The van der Waals surface area contributed by atoms with E-state index in [2.05, 4.69) is 68.1 Å². The number of aliphatic hydroxyl groups is 1. The highest BCUT2D eigenvalue weighted by atomic mass is 28.3. The molecule has 2 aromatic carbocycles. The van der Waals surface area contributed by atoms with E-state index >= 15 is 0 Å². The molecule has 1 unspecified atom stereocenters. The van der Waals surface area contributed by atoms with Crippen molar-refractivity contribution in [1.82, 2.24) is 9.97 Å². The molecule has 1 aromatic heterocycles. The molecule has 2 N–H and O–H groups in total. The van der Waals surface area contributed by atoms with Gasteiger partial charge in [0.15, 0.2) is 0 Å². The number of hydrogen-bond donors (Lipinski definition) is 2. The fraction of sp³-hybridized carbons (Fsp3) is 0.435. The van der Waals surface area contributed by atoms with Crippen molar-refractivity contribution >= 4 is 19.8 Å². The predicted molar refractivity (Wildman–Crippen MR) is 117 cm³/mol. The Bertz CT molecular complexity index is 959. The average molecular weight is 396 g/mol. The van der Waals surface area contributed by atoms with Crippen LogP contribution in [-0.2, 0) is 11.0 Å². The molecule has 0 saturated carbocycles. The third kappa shape index (κ3) is 3.61. The van der Waals surface area contributed by atoms with Gasteiger partial charge in [-0.3, -0.25) is 0 Å². The van der Waals surface area contributed by atoms with Gasteiger partial charge in [-0.1, -0.05) is 65.0 Å². The lowest BCUT2D eigenvalue weighted by molar-refractivity contribution is 0.0267. The Balaban J connectivity index is 2.30. The highest BCUT2D eigenvalue weighted by Gasteiger charge is 2.39. The van der Waals surface area contributed by atoms with Crippen LogP contribution in [0.15, 0.2) is 42.9 Å². The maximum Gasteiger partial charge on any atom is 0.274 e. The summed E-state index contributed by atoms with van der Waals surface area (Å²) in [5.41, 5.74) is 1.62. The van der Waals surface area contributed by atoms with E-state index in [-0.39, 0.29) is 11.3 Å². The minimum absolute atomic E-state index is 0.0639. The Morgan fingerprint density at radius 2 is 1.82 bits per heavy atom. The zero-order valence-electron chi connectivity index (χ0n) is 17.9. The smallest absolute Gasteiger partial charge is 0.274 e. The molecular formula is C23H31N2O2Si. The Morgan fingerprint density at radius 1 is 1.11 bits per heavy atom. The number of benzene rings is 2. The van der Waals surface area contributed by atoms with E-state index in [1.165, 1.54) is 5.56 Å². The molecular weight excluding hydrogens is 364 g/mol. The van der Waals surface area contributed by atoms with E-state index < -0.39 is 14.6 Å². The summed E-state index contributed by atoms with van der Waals surface area (Å²) in [5, 5.41) is 14.0. The molecule has 0 spiro atoms. The molecule has 5 heteroatoms. The molecule has 0 aliphatic rings. The van der Waals surface area contributed by atoms with Crippen LogP contribution in [0, 0.1) is 5.92 Å². The second kappa shape index (κ2) is 7.37. The van der Waals surface area contributed by atoms with E-state index in [1.54, 1.807) is 12.5 Å². The highest BCUT2D eigenvalue weighted by Crippen LogP contribution is 2.44. The summed E-state index contributed by atoms with van der Waals surface area (Å²) in [5.74, 6) is 0.716. The lowest BCUT2D eigenvalue weighted by atomic mass is 9.79. The summed E-state index contributed by atoms with van der Waals surface area (Å²) in [6, 6.07) is 10.6.